The molecular weight excluding hydrogens is 248 g/mol. The predicted molar refractivity (Wildman–Crippen MR) is 76.6 cm³/mol. The Morgan fingerprint density at radius 3 is 2.50 bits per heavy atom. The van der Waals surface area contributed by atoms with Gasteiger partial charge >= 0.3 is 5.97 Å². The Kier molecular flexibility index (Phi) is 5.09. The zero-order valence-corrected chi connectivity index (χ0v) is 11.6. The van der Waals surface area contributed by atoms with Crippen LogP contribution in [0.4, 0.5) is 5.69 Å². The number of benzene rings is 1. The topological polar surface area (TPSA) is 64.3 Å². The highest BCUT2D eigenvalue weighted by Gasteiger charge is 2.23. The van der Waals surface area contributed by atoms with Gasteiger partial charge in [-0.05, 0) is 18.1 Å². The van der Waals surface area contributed by atoms with E-state index in [0.29, 0.717) is 4.99 Å². The molecular formula is C13H18N2O2S. The first kappa shape index (κ1) is 14.4. The standard InChI is InChI=1S/C13H18N2O2S/c1-8(2)11(13(16)17-3)15-10-7-5-4-6-9(10)12(14)18/h4-8,11,15H,1-3H3,(H2,14,18). The third-order valence-electron chi connectivity index (χ3n) is 2.63. The highest BCUT2D eigenvalue weighted by Crippen LogP contribution is 2.18. The van der Waals surface area contributed by atoms with Crippen LogP contribution in [0.25, 0.3) is 0 Å². The Morgan fingerprint density at radius 2 is 2.00 bits per heavy atom. The van der Waals surface area contributed by atoms with Crippen molar-refractivity contribution in [1.29, 1.82) is 0 Å². The van der Waals surface area contributed by atoms with Crippen molar-refractivity contribution >= 4 is 28.9 Å². The maximum atomic E-state index is 11.7. The van der Waals surface area contributed by atoms with Crippen molar-refractivity contribution in [3.8, 4) is 0 Å². The van der Waals surface area contributed by atoms with Gasteiger partial charge in [-0.3, -0.25) is 0 Å². The average Bonchev–Trinajstić information content (AvgIpc) is 2.34. The highest BCUT2D eigenvalue weighted by atomic mass is 32.1. The number of thiocarbonyl (C=S) groups is 1. The molecule has 0 amide bonds. The Morgan fingerprint density at radius 1 is 1.39 bits per heavy atom. The zero-order valence-electron chi connectivity index (χ0n) is 10.8. The SMILES string of the molecule is COC(=O)C(Nc1ccccc1C(N)=S)C(C)C. The van der Waals surface area contributed by atoms with E-state index < -0.39 is 6.04 Å². The molecule has 98 valence electrons. The number of esters is 1. The van der Waals surface area contributed by atoms with Crippen molar-refractivity contribution in [1.82, 2.24) is 0 Å². The van der Waals surface area contributed by atoms with Crippen LogP contribution in [-0.2, 0) is 9.53 Å². The van der Waals surface area contributed by atoms with E-state index in [4.69, 9.17) is 22.7 Å². The number of carbonyl (C=O) groups is 1. The zero-order chi connectivity index (χ0) is 13.7. The summed E-state index contributed by atoms with van der Waals surface area (Å²) >= 11 is 4.98. The Labute approximate surface area is 113 Å². The van der Waals surface area contributed by atoms with E-state index in [2.05, 4.69) is 5.32 Å². The summed E-state index contributed by atoms with van der Waals surface area (Å²) in [5.41, 5.74) is 7.12. The van der Waals surface area contributed by atoms with E-state index in [1.165, 1.54) is 7.11 Å². The summed E-state index contributed by atoms with van der Waals surface area (Å²) in [5, 5.41) is 3.14. The second-order valence-electron chi connectivity index (χ2n) is 4.30. The molecule has 18 heavy (non-hydrogen) atoms. The fourth-order valence-electron chi connectivity index (χ4n) is 1.62. The van der Waals surface area contributed by atoms with Gasteiger partial charge < -0.3 is 15.8 Å². The smallest absolute Gasteiger partial charge is 0.328 e. The van der Waals surface area contributed by atoms with Gasteiger partial charge in [-0.1, -0.05) is 38.2 Å². The van der Waals surface area contributed by atoms with Crippen LogP contribution in [0.15, 0.2) is 24.3 Å². The van der Waals surface area contributed by atoms with E-state index in [1.54, 1.807) is 0 Å². The van der Waals surface area contributed by atoms with Crippen LogP contribution in [0.1, 0.15) is 19.4 Å². The van der Waals surface area contributed by atoms with Crippen LogP contribution in [-0.4, -0.2) is 24.1 Å². The molecule has 0 aromatic heterocycles. The largest absolute Gasteiger partial charge is 0.467 e. The fraction of sp³-hybridized carbons (Fsp3) is 0.385. The van der Waals surface area contributed by atoms with Gasteiger partial charge in [0.15, 0.2) is 0 Å². The number of carbonyl (C=O) groups excluding carboxylic acids is 1. The van der Waals surface area contributed by atoms with Gasteiger partial charge in [-0.25, -0.2) is 4.79 Å². The quantitative estimate of drug-likeness (QED) is 0.630. The van der Waals surface area contributed by atoms with Crippen molar-refractivity contribution in [2.75, 3.05) is 12.4 Å². The molecule has 0 saturated heterocycles. The molecule has 0 aliphatic heterocycles. The minimum atomic E-state index is -0.425. The number of nitrogens with two attached hydrogens (primary N) is 1. The number of hydrogen-bond acceptors (Lipinski definition) is 4. The van der Waals surface area contributed by atoms with Crippen LogP contribution in [0, 0.1) is 5.92 Å². The number of nitrogens with one attached hydrogen (secondary N) is 1. The molecule has 0 fully saturated rings. The molecule has 0 radical (unpaired) electrons. The second-order valence-corrected chi connectivity index (χ2v) is 4.74. The number of hydrogen-bond donors (Lipinski definition) is 2. The summed E-state index contributed by atoms with van der Waals surface area (Å²) in [6, 6.07) is 6.94. The number of rotatable bonds is 5. The summed E-state index contributed by atoms with van der Waals surface area (Å²) in [4.78, 5) is 12.0. The van der Waals surface area contributed by atoms with Crippen LogP contribution in [0.3, 0.4) is 0 Å². The Balaban J connectivity index is 3.01. The van der Waals surface area contributed by atoms with Gasteiger partial charge in [0.1, 0.15) is 11.0 Å². The fourth-order valence-corrected chi connectivity index (χ4v) is 1.79. The van der Waals surface area contributed by atoms with Crippen molar-refractivity contribution < 1.29 is 9.53 Å². The summed E-state index contributed by atoms with van der Waals surface area (Å²) < 4.78 is 4.78. The lowest BCUT2D eigenvalue weighted by Gasteiger charge is -2.22. The number of ether oxygens (including phenoxy) is 1. The molecule has 0 bridgehead atoms. The summed E-state index contributed by atoms with van der Waals surface area (Å²) in [5.74, 6) is -0.209. The minimum absolute atomic E-state index is 0.0943. The molecule has 4 nitrogen and oxygen atoms in total. The van der Waals surface area contributed by atoms with Crippen LogP contribution >= 0.6 is 12.2 Å². The van der Waals surface area contributed by atoms with E-state index in [1.807, 2.05) is 38.1 Å². The van der Waals surface area contributed by atoms with Crippen LogP contribution < -0.4 is 11.1 Å². The predicted octanol–water partition coefficient (Wildman–Crippen LogP) is 1.93. The van der Waals surface area contributed by atoms with Crippen LogP contribution in [0.2, 0.25) is 0 Å². The molecule has 0 aliphatic rings. The third kappa shape index (κ3) is 3.43. The van der Waals surface area contributed by atoms with Crippen molar-refractivity contribution in [2.24, 2.45) is 11.7 Å². The normalized spacial score (nSPS) is 12.0. The number of para-hydroxylation sites is 1. The van der Waals surface area contributed by atoms with Crippen molar-refractivity contribution in [3.05, 3.63) is 29.8 Å². The first-order valence-corrected chi connectivity index (χ1v) is 6.11. The lowest BCUT2D eigenvalue weighted by molar-refractivity contribution is -0.142. The molecule has 5 heteroatoms. The summed E-state index contributed by atoms with van der Waals surface area (Å²) in [6.45, 7) is 3.88. The van der Waals surface area contributed by atoms with Crippen LogP contribution in [0.5, 0.6) is 0 Å². The summed E-state index contributed by atoms with van der Waals surface area (Å²) in [6.07, 6.45) is 0. The van der Waals surface area contributed by atoms with Gasteiger partial charge in [-0.15, -0.1) is 0 Å². The maximum absolute atomic E-state index is 11.7. The van der Waals surface area contributed by atoms with E-state index in [-0.39, 0.29) is 11.9 Å². The molecule has 3 N–H and O–H groups in total. The monoisotopic (exact) mass is 266 g/mol. The highest BCUT2D eigenvalue weighted by molar-refractivity contribution is 7.80. The van der Waals surface area contributed by atoms with E-state index in [9.17, 15) is 4.79 Å². The molecule has 0 aliphatic carbocycles. The second kappa shape index (κ2) is 6.35. The Bertz CT molecular complexity index is 446. The van der Waals surface area contributed by atoms with Gasteiger partial charge in [0.25, 0.3) is 0 Å². The van der Waals surface area contributed by atoms with Gasteiger partial charge in [0.2, 0.25) is 0 Å². The molecule has 0 saturated carbocycles. The lowest BCUT2D eigenvalue weighted by atomic mass is 10.0. The van der Waals surface area contributed by atoms with E-state index in [0.717, 1.165) is 11.3 Å². The molecule has 1 rings (SSSR count). The summed E-state index contributed by atoms with van der Waals surface area (Å²) in [7, 11) is 1.37. The van der Waals surface area contributed by atoms with Crippen molar-refractivity contribution in [2.45, 2.75) is 19.9 Å². The molecule has 1 aromatic carbocycles. The van der Waals surface area contributed by atoms with Gasteiger partial charge in [-0.2, -0.15) is 0 Å². The number of anilines is 1. The molecule has 0 heterocycles. The molecule has 1 atom stereocenters. The van der Waals surface area contributed by atoms with Gasteiger partial charge in [0.05, 0.1) is 7.11 Å². The first-order chi connectivity index (χ1) is 8.47. The number of methoxy groups -OCH3 is 1. The van der Waals surface area contributed by atoms with Crippen molar-refractivity contribution in [3.63, 3.8) is 0 Å². The minimum Gasteiger partial charge on any atom is -0.467 e. The Hall–Kier alpha value is -1.62. The van der Waals surface area contributed by atoms with Gasteiger partial charge in [0, 0.05) is 11.3 Å². The van der Waals surface area contributed by atoms with E-state index >= 15 is 0 Å². The molecule has 1 aromatic rings. The average molecular weight is 266 g/mol. The molecule has 0 spiro atoms. The third-order valence-corrected chi connectivity index (χ3v) is 2.85. The maximum Gasteiger partial charge on any atom is 0.328 e. The first-order valence-electron chi connectivity index (χ1n) is 5.70. The molecule has 1 unspecified atom stereocenters. The lowest BCUT2D eigenvalue weighted by Crippen LogP contribution is -2.36.